The molecule has 0 aliphatic heterocycles. The van der Waals surface area contributed by atoms with Crippen molar-refractivity contribution in [2.75, 3.05) is 22.9 Å². The van der Waals surface area contributed by atoms with E-state index >= 15 is 0 Å². The van der Waals surface area contributed by atoms with Crippen LogP contribution in [-0.2, 0) is 21.2 Å². The number of nitrogens with one attached hydrogen (secondary N) is 3. The molecule has 2 unspecified atom stereocenters. The number of nitrogens with zero attached hydrogens (tertiary/aromatic N) is 2. The molecule has 2 aromatic carbocycles. The average Bonchev–Trinajstić information content (AvgIpc) is 3.59. The van der Waals surface area contributed by atoms with Gasteiger partial charge in [0.15, 0.2) is 6.10 Å². The lowest BCUT2D eigenvalue weighted by atomic mass is 9.99. The Morgan fingerprint density at radius 1 is 1.21 bits per heavy atom. The Labute approximate surface area is 221 Å². The summed E-state index contributed by atoms with van der Waals surface area (Å²) in [5, 5.41) is 16.2. The van der Waals surface area contributed by atoms with Gasteiger partial charge in [0.2, 0.25) is 16.0 Å². The molecule has 0 bridgehead atoms. The van der Waals surface area contributed by atoms with Crippen molar-refractivity contribution in [3.05, 3.63) is 83.7 Å². The number of carbonyl (C=O) groups excluding carboxylic acids is 2. The first-order valence-electron chi connectivity index (χ1n) is 12.2. The molecule has 0 radical (unpaired) electrons. The highest BCUT2D eigenvalue weighted by atomic mass is 32.2. The van der Waals surface area contributed by atoms with Crippen molar-refractivity contribution >= 4 is 39.5 Å². The van der Waals surface area contributed by atoms with E-state index in [0.29, 0.717) is 17.2 Å². The molecule has 1 heterocycles. The van der Waals surface area contributed by atoms with Gasteiger partial charge in [0.05, 0.1) is 18.0 Å². The average molecular weight is 538 g/mol. The molecule has 3 aromatic rings. The van der Waals surface area contributed by atoms with E-state index in [-0.39, 0.29) is 17.9 Å². The fourth-order valence-electron chi connectivity index (χ4n) is 3.84. The molecule has 1 aliphatic carbocycles. The van der Waals surface area contributed by atoms with Crippen LogP contribution in [0.15, 0.2) is 67.0 Å². The summed E-state index contributed by atoms with van der Waals surface area (Å²) in [6.45, 7) is 0. The van der Waals surface area contributed by atoms with Gasteiger partial charge in [0, 0.05) is 25.0 Å². The van der Waals surface area contributed by atoms with Gasteiger partial charge in [-0.2, -0.15) is 0 Å². The normalized spacial score (nSPS) is 15.1. The van der Waals surface area contributed by atoms with Gasteiger partial charge in [-0.15, -0.1) is 0 Å². The second-order valence-electron chi connectivity index (χ2n) is 9.38. The molecular formula is C27H31N5O5S. The molecule has 2 amide bonds. The molecule has 1 aromatic heterocycles. The quantitative estimate of drug-likeness (QED) is 0.296. The number of aromatic nitrogens is 2. The number of aliphatic hydroxyl groups is 1. The molecule has 38 heavy (non-hydrogen) atoms. The first kappa shape index (κ1) is 27.1. The van der Waals surface area contributed by atoms with Crippen LogP contribution in [0.4, 0.5) is 11.6 Å². The Bertz CT molecular complexity index is 1400. The maximum atomic E-state index is 13.5. The Morgan fingerprint density at radius 3 is 2.58 bits per heavy atom. The van der Waals surface area contributed by atoms with Crippen LogP contribution in [0.5, 0.6) is 0 Å². The number of sulfonamides is 1. The van der Waals surface area contributed by atoms with Crippen LogP contribution >= 0.6 is 0 Å². The number of anilines is 2. The highest BCUT2D eigenvalue weighted by Gasteiger charge is 2.29. The summed E-state index contributed by atoms with van der Waals surface area (Å²) in [5.41, 5.74) is 2.00. The zero-order valence-electron chi connectivity index (χ0n) is 21.2. The second kappa shape index (κ2) is 11.6. The molecule has 11 heteroatoms. The molecule has 2 atom stereocenters. The molecule has 0 saturated heterocycles. The van der Waals surface area contributed by atoms with Gasteiger partial charge < -0.3 is 15.4 Å². The van der Waals surface area contributed by atoms with Crippen LogP contribution in [0.1, 0.15) is 34.3 Å². The van der Waals surface area contributed by atoms with Gasteiger partial charge in [-0.1, -0.05) is 42.5 Å². The fraction of sp³-hybridized carbons (Fsp3) is 0.296. The monoisotopic (exact) mass is 537 g/mol. The SMILES string of the molecule is CN(c1cc(/C=C/C2CC2)cc(C(=O)NC(Cc2ccccc2)C(O)C(=O)Nc2ncc[nH]2)c1)S(C)(=O)=O. The van der Waals surface area contributed by atoms with E-state index in [2.05, 4.69) is 20.6 Å². The number of amides is 2. The molecule has 4 rings (SSSR count). The van der Waals surface area contributed by atoms with Gasteiger partial charge >= 0.3 is 0 Å². The van der Waals surface area contributed by atoms with Crippen LogP contribution in [0.2, 0.25) is 0 Å². The van der Waals surface area contributed by atoms with Crippen LogP contribution in [0.3, 0.4) is 0 Å². The number of hydrogen-bond acceptors (Lipinski definition) is 6. The van der Waals surface area contributed by atoms with Crippen molar-refractivity contribution in [3.63, 3.8) is 0 Å². The van der Waals surface area contributed by atoms with E-state index in [9.17, 15) is 23.1 Å². The third-order valence-corrected chi connectivity index (χ3v) is 7.46. The van der Waals surface area contributed by atoms with Gasteiger partial charge in [0.1, 0.15) is 0 Å². The van der Waals surface area contributed by atoms with Gasteiger partial charge in [0.25, 0.3) is 11.8 Å². The zero-order valence-corrected chi connectivity index (χ0v) is 22.0. The number of benzene rings is 2. The van der Waals surface area contributed by atoms with Crippen LogP contribution in [0.25, 0.3) is 6.08 Å². The van der Waals surface area contributed by atoms with E-state index in [4.69, 9.17) is 0 Å². The molecule has 1 aliphatic rings. The van der Waals surface area contributed by atoms with E-state index in [1.807, 2.05) is 42.5 Å². The highest BCUT2D eigenvalue weighted by molar-refractivity contribution is 7.92. The lowest BCUT2D eigenvalue weighted by molar-refractivity contribution is -0.125. The Kier molecular flexibility index (Phi) is 8.28. The Hall–Kier alpha value is -3.96. The zero-order chi connectivity index (χ0) is 27.3. The number of carbonyl (C=O) groups is 2. The Morgan fingerprint density at radius 2 is 1.95 bits per heavy atom. The van der Waals surface area contributed by atoms with E-state index in [0.717, 1.165) is 29.0 Å². The summed E-state index contributed by atoms with van der Waals surface area (Å²) < 4.78 is 25.5. The minimum atomic E-state index is -3.57. The van der Waals surface area contributed by atoms with Crippen molar-refractivity contribution in [2.24, 2.45) is 5.92 Å². The van der Waals surface area contributed by atoms with Crippen molar-refractivity contribution in [1.82, 2.24) is 15.3 Å². The fourth-order valence-corrected chi connectivity index (χ4v) is 4.33. The van der Waals surface area contributed by atoms with Gasteiger partial charge in [-0.3, -0.25) is 19.2 Å². The number of aliphatic hydroxyl groups excluding tert-OH is 1. The number of aromatic amines is 1. The summed E-state index contributed by atoms with van der Waals surface area (Å²) in [7, 11) is -2.15. The molecular weight excluding hydrogens is 506 g/mol. The lowest BCUT2D eigenvalue weighted by Gasteiger charge is -2.24. The highest BCUT2D eigenvalue weighted by Crippen LogP contribution is 2.31. The third kappa shape index (κ3) is 7.30. The van der Waals surface area contributed by atoms with Crippen LogP contribution in [-0.4, -0.2) is 60.8 Å². The minimum Gasteiger partial charge on any atom is -0.381 e. The summed E-state index contributed by atoms with van der Waals surface area (Å²) in [5.74, 6) is -0.635. The van der Waals surface area contributed by atoms with E-state index < -0.39 is 34.0 Å². The van der Waals surface area contributed by atoms with Crippen molar-refractivity contribution in [3.8, 4) is 0 Å². The predicted molar refractivity (Wildman–Crippen MR) is 146 cm³/mol. The molecule has 200 valence electrons. The van der Waals surface area contributed by atoms with Crippen molar-refractivity contribution < 1.29 is 23.1 Å². The summed E-state index contributed by atoms with van der Waals surface area (Å²) in [6.07, 6.45) is 8.78. The van der Waals surface area contributed by atoms with E-state index in [1.165, 1.54) is 25.5 Å². The molecule has 1 fully saturated rings. The lowest BCUT2D eigenvalue weighted by Crippen LogP contribution is -2.50. The van der Waals surface area contributed by atoms with Crippen LogP contribution < -0.4 is 14.9 Å². The number of hydrogen-bond donors (Lipinski definition) is 4. The van der Waals surface area contributed by atoms with Crippen LogP contribution in [0, 0.1) is 5.92 Å². The Balaban J connectivity index is 1.61. The predicted octanol–water partition coefficient (Wildman–Crippen LogP) is 2.57. The second-order valence-corrected chi connectivity index (χ2v) is 11.4. The van der Waals surface area contributed by atoms with E-state index in [1.54, 1.807) is 12.1 Å². The van der Waals surface area contributed by atoms with Gasteiger partial charge in [-0.25, -0.2) is 13.4 Å². The van der Waals surface area contributed by atoms with Gasteiger partial charge in [-0.05, 0) is 54.5 Å². The molecule has 4 N–H and O–H groups in total. The molecule has 1 saturated carbocycles. The maximum Gasteiger partial charge on any atom is 0.257 e. The third-order valence-electron chi connectivity index (χ3n) is 6.25. The first-order valence-corrected chi connectivity index (χ1v) is 14.1. The largest absolute Gasteiger partial charge is 0.381 e. The van der Waals surface area contributed by atoms with Crippen molar-refractivity contribution in [1.29, 1.82) is 0 Å². The summed E-state index contributed by atoms with van der Waals surface area (Å²) >= 11 is 0. The minimum absolute atomic E-state index is 0.169. The molecule has 0 spiro atoms. The number of H-pyrrole nitrogens is 1. The first-order chi connectivity index (χ1) is 18.1. The summed E-state index contributed by atoms with van der Waals surface area (Å²) in [6, 6.07) is 13.0. The maximum absolute atomic E-state index is 13.5. The smallest absolute Gasteiger partial charge is 0.257 e. The number of rotatable bonds is 11. The number of imidazole rings is 1. The summed E-state index contributed by atoms with van der Waals surface area (Å²) in [4.78, 5) is 32.9. The standard InChI is InChI=1S/C27H31N5O5S/c1-32(38(2,36)37)22-15-20(11-10-18-8-9-18)14-21(17-22)25(34)30-23(16-19-6-4-3-5-7-19)24(33)26(35)31-27-28-12-13-29-27/h3-7,10-15,17-18,23-24,33H,8-9,16H2,1-2H3,(H,30,34)(H2,28,29,31,35)/b11-10+. The van der Waals surface area contributed by atoms with Crippen molar-refractivity contribution in [2.45, 2.75) is 31.4 Å². The molecule has 10 nitrogen and oxygen atoms in total. The number of allylic oxidation sites excluding steroid dienone is 1. The topological polar surface area (TPSA) is 144 Å².